The monoisotopic (exact) mass is 393 g/mol. The van der Waals surface area contributed by atoms with E-state index in [0.717, 1.165) is 0 Å². The van der Waals surface area contributed by atoms with E-state index >= 15 is 0 Å². The number of aromatic nitrogens is 3. The van der Waals surface area contributed by atoms with Crippen molar-refractivity contribution in [3.63, 3.8) is 0 Å². The van der Waals surface area contributed by atoms with E-state index in [9.17, 15) is 23.7 Å². The van der Waals surface area contributed by atoms with Crippen molar-refractivity contribution in [2.75, 3.05) is 5.32 Å². The molecule has 146 valence electrons. The minimum Gasteiger partial charge on any atom is -0.433 e. The lowest BCUT2D eigenvalue weighted by Gasteiger charge is -2.11. The van der Waals surface area contributed by atoms with Gasteiger partial charge in [-0.3, -0.25) is 4.79 Å². The molecule has 0 saturated heterocycles. The largest absolute Gasteiger partial charge is 0.433 e. The van der Waals surface area contributed by atoms with Crippen LogP contribution in [-0.4, -0.2) is 32.4 Å². The number of rotatable bonds is 7. The molecule has 0 aliphatic heterocycles. The van der Waals surface area contributed by atoms with Crippen LogP contribution in [0.2, 0.25) is 0 Å². The normalized spacial score (nSPS) is 10.9. The number of carbonyl (C=O) groups excluding carboxylic acids is 1. The van der Waals surface area contributed by atoms with Crippen LogP contribution in [0.5, 0.6) is 5.75 Å². The molecule has 3 rings (SSSR count). The zero-order valence-electron chi connectivity index (χ0n) is 14.3. The molecule has 0 bridgehead atoms. The fourth-order valence-electron chi connectivity index (χ4n) is 2.40. The number of carbonyl (C=O) groups is 1. The zero-order chi connectivity index (χ0) is 20.3. The highest BCUT2D eigenvalue weighted by Crippen LogP contribution is 2.26. The van der Waals surface area contributed by atoms with Crippen molar-refractivity contribution in [1.29, 1.82) is 0 Å². The van der Waals surface area contributed by atoms with Gasteiger partial charge in [0.05, 0.1) is 35.2 Å². The Hall–Kier alpha value is -3.83. The van der Waals surface area contributed by atoms with E-state index in [2.05, 4.69) is 20.3 Å². The quantitative estimate of drug-likeness (QED) is 0.483. The van der Waals surface area contributed by atoms with Crippen LogP contribution in [-0.2, 0) is 6.54 Å². The van der Waals surface area contributed by atoms with Crippen LogP contribution in [0.4, 0.5) is 20.3 Å². The van der Waals surface area contributed by atoms with E-state index in [1.165, 1.54) is 41.2 Å². The van der Waals surface area contributed by atoms with Gasteiger partial charge in [0, 0.05) is 0 Å². The Morgan fingerprint density at radius 2 is 2.14 bits per heavy atom. The van der Waals surface area contributed by atoms with Crippen LogP contribution in [0, 0.1) is 17.0 Å². The number of hydrogen-bond donors (Lipinski definition) is 1. The highest BCUT2D eigenvalue weighted by molar-refractivity contribution is 6.04. The maximum Gasteiger partial charge on any atom is 0.389 e. The second kappa shape index (κ2) is 7.82. The molecule has 0 fully saturated rings. The minimum atomic E-state index is -3.06. The number of nitro groups is 1. The lowest BCUT2D eigenvalue weighted by Crippen LogP contribution is -2.17. The third-order valence-electron chi connectivity index (χ3n) is 3.68. The van der Waals surface area contributed by atoms with Crippen molar-refractivity contribution >= 4 is 17.4 Å². The second-order valence-electron chi connectivity index (χ2n) is 5.52. The molecule has 0 aliphatic rings. The summed E-state index contributed by atoms with van der Waals surface area (Å²) in [5.41, 5.74) is 0.249. The molecular formula is C16H13F2N5O5. The SMILES string of the molecule is Cc1onc(C(=O)Nc2ccccc2OC(F)F)c1Cn1ccc([N+](=O)[O-])n1. The first-order valence-electron chi connectivity index (χ1n) is 7.83. The van der Waals surface area contributed by atoms with Gasteiger partial charge < -0.3 is 24.7 Å². The topological polar surface area (TPSA) is 125 Å². The Labute approximate surface area is 155 Å². The number of amides is 1. The number of benzene rings is 1. The van der Waals surface area contributed by atoms with Gasteiger partial charge in [-0.2, -0.15) is 13.5 Å². The first-order chi connectivity index (χ1) is 13.3. The smallest absolute Gasteiger partial charge is 0.389 e. The molecular weight excluding hydrogens is 380 g/mol. The highest BCUT2D eigenvalue weighted by Gasteiger charge is 2.23. The Morgan fingerprint density at radius 3 is 2.82 bits per heavy atom. The standard InChI is InChI=1S/C16H13F2N5O5/c1-9-10(8-22-7-6-13(20-22)23(25)26)14(21-28-9)15(24)19-11-4-2-3-5-12(11)27-16(17)18/h2-7,16H,8H2,1H3,(H,19,24). The summed E-state index contributed by atoms with van der Waals surface area (Å²) in [6.45, 7) is -1.51. The summed E-state index contributed by atoms with van der Waals surface area (Å²) < 4.78 is 35.7. The van der Waals surface area contributed by atoms with Crippen molar-refractivity contribution < 1.29 is 27.8 Å². The molecule has 0 atom stereocenters. The molecule has 0 unspecified atom stereocenters. The summed E-state index contributed by atoms with van der Waals surface area (Å²) in [7, 11) is 0. The molecule has 0 radical (unpaired) electrons. The van der Waals surface area contributed by atoms with Crippen LogP contribution in [0.3, 0.4) is 0 Å². The summed E-state index contributed by atoms with van der Waals surface area (Å²) >= 11 is 0. The molecule has 2 heterocycles. The van der Waals surface area contributed by atoms with Crippen LogP contribution < -0.4 is 10.1 Å². The van der Waals surface area contributed by atoms with E-state index in [0.29, 0.717) is 11.3 Å². The van der Waals surface area contributed by atoms with Crippen LogP contribution in [0.15, 0.2) is 41.1 Å². The van der Waals surface area contributed by atoms with E-state index < -0.39 is 17.4 Å². The maximum absolute atomic E-state index is 12.6. The number of ether oxygens (including phenoxy) is 1. The van der Waals surface area contributed by atoms with Gasteiger partial charge in [0.25, 0.3) is 5.91 Å². The molecule has 0 saturated carbocycles. The Bertz CT molecular complexity index is 1020. The number of hydrogen-bond acceptors (Lipinski definition) is 7. The minimum absolute atomic E-state index is 0.0128. The van der Waals surface area contributed by atoms with Crippen molar-refractivity contribution in [1.82, 2.24) is 14.9 Å². The summed E-state index contributed by atoms with van der Waals surface area (Å²) in [4.78, 5) is 22.7. The highest BCUT2D eigenvalue weighted by atomic mass is 19.3. The van der Waals surface area contributed by atoms with Crippen LogP contribution in [0.1, 0.15) is 21.8 Å². The zero-order valence-corrected chi connectivity index (χ0v) is 14.3. The van der Waals surface area contributed by atoms with Gasteiger partial charge in [0.15, 0.2) is 5.69 Å². The molecule has 1 aromatic carbocycles. The van der Waals surface area contributed by atoms with Gasteiger partial charge in [-0.1, -0.05) is 17.3 Å². The van der Waals surface area contributed by atoms with Crippen molar-refractivity contribution in [3.05, 3.63) is 63.7 Å². The number of alkyl halides is 2. The maximum atomic E-state index is 12.6. The molecule has 3 aromatic rings. The predicted molar refractivity (Wildman–Crippen MR) is 90.3 cm³/mol. The van der Waals surface area contributed by atoms with E-state index in [4.69, 9.17) is 4.52 Å². The van der Waals surface area contributed by atoms with Crippen molar-refractivity contribution in [2.24, 2.45) is 0 Å². The van der Waals surface area contributed by atoms with Crippen LogP contribution in [0.25, 0.3) is 0 Å². The van der Waals surface area contributed by atoms with Gasteiger partial charge in [-0.15, -0.1) is 0 Å². The molecule has 1 amide bonds. The van der Waals surface area contributed by atoms with Gasteiger partial charge in [0.1, 0.15) is 11.5 Å². The summed E-state index contributed by atoms with van der Waals surface area (Å²) in [5, 5.41) is 20.6. The molecule has 28 heavy (non-hydrogen) atoms. The summed E-state index contributed by atoms with van der Waals surface area (Å²) in [6.07, 6.45) is 1.37. The van der Waals surface area contributed by atoms with E-state index in [-0.39, 0.29) is 29.5 Å². The number of para-hydroxylation sites is 2. The molecule has 0 aliphatic carbocycles. The number of anilines is 1. The number of aryl methyl sites for hydroxylation is 1. The molecule has 2 aromatic heterocycles. The lowest BCUT2D eigenvalue weighted by molar-refractivity contribution is -0.389. The molecule has 1 N–H and O–H groups in total. The Balaban J connectivity index is 1.83. The van der Waals surface area contributed by atoms with E-state index in [1.807, 2.05) is 0 Å². The van der Waals surface area contributed by atoms with Crippen molar-refractivity contribution in [2.45, 2.75) is 20.1 Å². The first-order valence-corrected chi connectivity index (χ1v) is 7.83. The third kappa shape index (κ3) is 4.11. The summed E-state index contributed by atoms with van der Waals surface area (Å²) in [6, 6.07) is 6.88. The predicted octanol–water partition coefficient (Wildman–Crippen LogP) is 2.99. The van der Waals surface area contributed by atoms with E-state index in [1.54, 1.807) is 6.92 Å². The molecule has 10 nitrogen and oxygen atoms in total. The summed E-state index contributed by atoms with van der Waals surface area (Å²) in [5.74, 6) is -0.979. The Kier molecular flexibility index (Phi) is 5.29. The second-order valence-corrected chi connectivity index (χ2v) is 5.52. The molecule has 0 spiro atoms. The van der Waals surface area contributed by atoms with Gasteiger partial charge >= 0.3 is 12.4 Å². The lowest BCUT2D eigenvalue weighted by atomic mass is 10.1. The third-order valence-corrected chi connectivity index (χ3v) is 3.68. The van der Waals surface area contributed by atoms with Crippen molar-refractivity contribution in [3.8, 4) is 5.75 Å². The van der Waals surface area contributed by atoms with Gasteiger partial charge in [-0.05, 0) is 24.0 Å². The van der Waals surface area contributed by atoms with Gasteiger partial charge in [0.2, 0.25) is 0 Å². The first kappa shape index (κ1) is 18.9. The van der Waals surface area contributed by atoms with Gasteiger partial charge in [-0.25, -0.2) is 0 Å². The molecule has 12 heteroatoms. The van der Waals surface area contributed by atoms with Crippen LogP contribution >= 0.6 is 0 Å². The number of halogens is 2. The average Bonchev–Trinajstić information content (AvgIpc) is 3.24. The Morgan fingerprint density at radius 1 is 1.39 bits per heavy atom. The fraction of sp³-hybridized carbons (Fsp3) is 0.188. The number of nitrogens with zero attached hydrogens (tertiary/aromatic N) is 4. The number of nitrogens with one attached hydrogen (secondary N) is 1. The average molecular weight is 393 g/mol. The fourth-order valence-corrected chi connectivity index (χ4v) is 2.40.